The number of carboxylic acids is 1. The maximum atomic E-state index is 12.5. The van der Waals surface area contributed by atoms with E-state index in [0.717, 1.165) is 0 Å². The van der Waals surface area contributed by atoms with E-state index in [2.05, 4.69) is 5.32 Å². The van der Waals surface area contributed by atoms with E-state index in [9.17, 15) is 23.1 Å². The molecule has 1 amide bonds. The van der Waals surface area contributed by atoms with E-state index in [1.165, 1.54) is 42.5 Å². The van der Waals surface area contributed by atoms with Crippen LogP contribution in [-0.2, 0) is 10.1 Å². The summed E-state index contributed by atoms with van der Waals surface area (Å²) in [5.74, 6) is -2.11. The fraction of sp³-hybridized carbons (Fsp3) is 0. The molecule has 0 heterocycles. The summed E-state index contributed by atoms with van der Waals surface area (Å²) < 4.78 is 31.6. The first-order valence-corrected chi connectivity index (χ1v) is 8.83. The van der Waals surface area contributed by atoms with Gasteiger partial charge in [-0.25, -0.2) is 0 Å². The molecule has 132 valence electrons. The number of rotatable bonds is 4. The average Bonchev–Trinajstić information content (AvgIpc) is 2.60. The molecular formula is C18H12NNaO6S. The Balaban J connectivity index is 0.00000261. The summed E-state index contributed by atoms with van der Waals surface area (Å²) in [6.45, 7) is 0. The van der Waals surface area contributed by atoms with Crippen molar-refractivity contribution in [3.05, 3.63) is 71.8 Å². The van der Waals surface area contributed by atoms with Crippen molar-refractivity contribution in [1.82, 2.24) is 0 Å². The zero-order valence-electron chi connectivity index (χ0n) is 14.2. The molecule has 0 aliphatic carbocycles. The Kier molecular flexibility index (Phi) is 6.40. The van der Waals surface area contributed by atoms with Gasteiger partial charge < -0.3 is 15.2 Å². The molecule has 0 aromatic heterocycles. The number of fused-ring (bicyclic) bond motifs is 1. The van der Waals surface area contributed by atoms with Crippen LogP contribution in [0, 0.1) is 0 Å². The van der Waals surface area contributed by atoms with Gasteiger partial charge in [0.15, 0.2) is 0 Å². The number of aromatic carboxylic acids is 1. The monoisotopic (exact) mass is 393 g/mol. The fourth-order valence-corrected chi connectivity index (χ4v) is 3.10. The number of amides is 1. The van der Waals surface area contributed by atoms with E-state index in [-0.39, 0.29) is 45.6 Å². The third-order valence-electron chi connectivity index (χ3n) is 3.79. The summed E-state index contributed by atoms with van der Waals surface area (Å²) in [5, 5.41) is 14.8. The van der Waals surface area contributed by atoms with Crippen LogP contribution in [0.4, 0.5) is 5.69 Å². The largest absolute Gasteiger partial charge is 1.00 e. The number of carbonyl (C=O) groups excluding carboxylic acids is 2. The molecule has 3 rings (SSSR count). The van der Waals surface area contributed by atoms with Crippen LogP contribution in [0.2, 0.25) is 0 Å². The number of nitrogens with one attached hydrogen (secondary N) is 1. The van der Waals surface area contributed by atoms with Crippen LogP contribution < -0.4 is 40.0 Å². The van der Waals surface area contributed by atoms with E-state index in [1.54, 1.807) is 18.2 Å². The van der Waals surface area contributed by atoms with Crippen LogP contribution in [0.25, 0.3) is 10.8 Å². The zero-order chi connectivity index (χ0) is 18.9. The predicted octanol–water partition coefficient (Wildman–Crippen LogP) is -1.29. The molecule has 0 bridgehead atoms. The second kappa shape index (κ2) is 8.20. The molecule has 0 spiro atoms. The topological polar surface area (TPSA) is 124 Å². The Bertz CT molecular complexity index is 1140. The average molecular weight is 393 g/mol. The molecule has 0 fully saturated rings. The number of hydrogen-bond donors (Lipinski definition) is 2. The Labute approximate surface area is 177 Å². The Morgan fingerprint density at radius 3 is 2.22 bits per heavy atom. The standard InChI is InChI=1S/C18H13NO6S.Na/c20-17(14-5-1-2-6-15(14)18(21)22)19-16-7-3-4-11-10-12(26(23,24)25)8-9-13(11)16;/h1-10H,(H,19,20)(H,21,22)(H,23,24,25);/q;+1/p-1. The summed E-state index contributed by atoms with van der Waals surface area (Å²) in [7, 11) is -4.35. The van der Waals surface area contributed by atoms with Gasteiger partial charge in [-0.15, -0.1) is 0 Å². The van der Waals surface area contributed by atoms with Crippen molar-refractivity contribution in [3.63, 3.8) is 0 Å². The molecule has 0 atom stereocenters. The van der Waals surface area contributed by atoms with E-state index in [0.29, 0.717) is 16.5 Å². The number of anilines is 1. The van der Waals surface area contributed by atoms with E-state index in [1.807, 2.05) is 0 Å². The molecule has 0 saturated heterocycles. The number of carboxylic acid groups (broad SMARTS) is 1. The molecule has 0 aliphatic heterocycles. The Morgan fingerprint density at radius 2 is 1.59 bits per heavy atom. The molecule has 0 unspecified atom stereocenters. The van der Waals surface area contributed by atoms with E-state index in [4.69, 9.17) is 4.55 Å². The predicted molar refractivity (Wildman–Crippen MR) is 92.5 cm³/mol. The smallest absolute Gasteiger partial charge is 0.545 e. The minimum absolute atomic E-state index is 0. The van der Waals surface area contributed by atoms with Crippen LogP contribution in [0.1, 0.15) is 20.7 Å². The van der Waals surface area contributed by atoms with Crippen LogP contribution >= 0.6 is 0 Å². The minimum atomic E-state index is -4.35. The maximum absolute atomic E-state index is 12.5. The molecule has 27 heavy (non-hydrogen) atoms. The quantitative estimate of drug-likeness (QED) is 0.420. The van der Waals surface area contributed by atoms with Gasteiger partial charge >= 0.3 is 29.6 Å². The molecule has 2 N–H and O–H groups in total. The maximum Gasteiger partial charge on any atom is 1.00 e. The Hall–Kier alpha value is -2.23. The summed E-state index contributed by atoms with van der Waals surface area (Å²) in [5.41, 5.74) is 0.0699. The normalized spacial score (nSPS) is 10.9. The van der Waals surface area contributed by atoms with Gasteiger partial charge in [-0.05, 0) is 29.7 Å². The zero-order valence-corrected chi connectivity index (χ0v) is 17.0. The first kappa shape index (κ1) is 21.1. The molecule has 7 nitrogen and oxygen atoms in total. The van der Waals surface area contributed by atoms with E-state index >= 15 is 0 Å². The SMILES string of the molecule is O=C([O-])c1ccccc1C(=O)Nc1cccc2cc(S(=O)(=O)O)ccc12.[Na+]. The fourth-order valence-electron chi connectivity index (χ4n) is 2.58. The van der Waals surface area contributed by atoms with Gasteiger partial charge in [-0.1, -0.05) is 36.4 Å². The summed E-state index contributed by atoms with van der Waals surface area (Å²) in [6.07, 6.45) is 0. The first-order chi connectivity index (χ1) is 12.3. The van der Waals surface area contributed by atoms with Crippen LogP contribution in [0.5, 0.6) is 0 Å². The van der Waals surface area contributed by atoms with Gasteiger partial charge in [0.05, 0.1) is 10.9 Å². The second-order valence-corrected chi connectivity index (χ2v) is 6.87. The van der Waals surface area contributed by atoms with Gasteiger partial charge in [-0.3, -0.25) is 9.35 Å². The van der Waals surface area contributed by atoms with Crippen molar-refractivity contribution in [3.8, 4) is 0 Å². The van der Waals surface area contributed by atoms with Crippen molar-refractivity contribution < 1.29 is 57.2 Å². The van der Waals surface area contributed by atoms with Crippen LogP contribution in [-0.4, -0.2) is 24.8 Å². The Morgan fingerprint density at radius 1 is 0.926 bits per heavy atom. The van der Waals surface area contributed by atoms with Crippen molar-refractivity contribution >= 4 is 38.5 Å². The van der Waals surface area contributed by atoms with E-state index < -0.39 is 22.0 Å². The molecule has 3 aromatic carbocycles. The van der Waals surface area contributed by atoms with Gasteiger partial charge in [0.1, 0.15) is 0 Å². The number of benzene rings is 3. The third-order valence-corrected chi connectivity index (χ3v) is 4.64. The van der Waals surface area contributed by atoms with Gasteiger partial charge in [-0.2, -0.15) is 8.42 Å². The molecule has 9 heteroatoms. The van der Waals surface area contributed by atoms with Crippen molar-refractivity contribution in [2.24, 2.45) is 0 Å². The molecular weight excluding hydrogens is 381 g/mol. The molecule has 0 saturated carbocycles. The number of carbonyl (C=O) groups is 2. The second-order valence-electron chi connectivity index (χ2n) is 5.45. The van der Waals surface area contributed by atoms with Crippen LogP contribution in [0.15, 0.2) is 65.6 Å². The van der Waals surface area contributed by atoms with Gasteiger partial charge in [0, 0.05) is 22.2 Å². The van der Waals surface area contributed by atoms with Crippen LogP contribution in [0.3, 0.4) is 0 Å². The van der Waals surface area contributed by atoms with Crippen molar-refractivity contribution in [2.45, 2.75) is 4.90 Å². The first-order valence-electron chi connectivity index (χ1n) is 7.39. The molecule has 0 aliphatic rings. The number of hydrogen-bond acceptors (Lipinski definition) is 5. The van der Waals surface area contributed by atoms with Gasteiger partial charge in [0.2, 0.25) is 0 Å². The third kappa shape index (κ3) is 4.55. The summed E-state index contributed by atoms with van der Waals surface area (Å²) in [4.78, 5) is 23.4. The van der Waals surface area contributed by atoms with Crippen molar-refractivity contribution in [2.75, 3.05) is 5.32 Å². The summed E-state index contributed by atoms with van der Waals surface area (Å²) >= 11 is 0. The van der Waals surface area contributed by atoms with Gasteiger partial charge in [0.25, 0.3) is 16.0 Å². The molecule has 3 aromatic rings. The molecule has 0 radical (unpaired) electrons. The minimum Gasteiger partial charge on any atom is -0.545 e. The van der Waals surface area contributed by atoms with Crippen molar-refractivity contribution in [1.29, 1.82) is 0 Å². The summed E-state index contributed by atoms with van der Waals surface area (Å²) in [6, 6.07) is 14.4.